The zero-order chi connectivity index (χ0) is 14.1. The molecule has 0 amide bonds. The Morgan fingerprint density at radius 1 is 1.25 bits per heavy atom. The molecule has 2 aliphatic rings. The molecule has 1 aromatic carbocycles. The van der Waals surface area contributed by atoms with Gasteiger partial charge in [0.25, 0.3) is 0 Å². The van der Waals surface area contributed by atoms with Gasteiger partial charge in [0.15, 0.2) is 0 Å². The average Bonchev–Trinajstić information content (AvgIpc) is 2.81. The quantitative estimate of drug-likeness (QED) is 0.687. The van der Waals surface area contributed by atoms with Crippen LogP contribution in [0.2, 0.25) is 10.0 Å². The summed E-state index contributed by atoms with van der Waals surface area (Å²) >= 11 is 12.3. The third-order valence-corrected chi connectivity index (χ3v) is 4.95. The first-order chi connectivity index (χ1) is 9.65. The highest BCUT2D eigenvalue weighted by atomic mass is 35.5. The third kappa shape index (κ3) is 2.90. The Kier molecular flexibility index (Phi) is 4.38. The van der Waals surface area contributed by atoms with Gasteiger partial charge in [-0.3, -0.25) is 0 Å². The first-order valence-electron chi connectivity index (χ1n) is 7.02. The largest absolute Gasteiger partial charge is 0.508 e. The molecular formula is C14H19Cl2N3O. The summed E-state index contributed by atoms with van der Waals surface area (Å²) in [7, 11) is 0. The highest BCUT2D eigenvalue weighted by Gasteiger charge is 2.29. The van der Waals surface area contributed by atoms with Crippen LogP contribution < -0.4 is 16.0 Å². The fraction of sp³-hybridized carbons (Fsp3) is 0.571. The molecule has 2 aliphatic heterocycles. The Balaban J connectivity index is 1.63. The number of halogens is 2. The third-order valence-electron chi connectivity index (χ3n) is 4.13. The normalized spacial score (nSPS) is 26.7. The van der Waals surface area contributed by atoms with Gasteiger partial charge in [0.1, 0.15) is 5.75 Å². The molecule has 20 heavy (non-hydrogen) atoms. The Morgan fingerprint density at radius 2 is 2.05 bits per heavy atom. The van der Waals surface area contributed by atoms with Crippen LogP contribution in [0, 0.1) is 0 Å². The van der Waals surface area contributed by atoms with E-state index in [1.807, 2.05) is 0 Å². The van der Waals surface area contributed by atoms with Crippen molar-refractivity contribution in [1.82, 2.24) is 16.0 Å². The van der Waals surface area contributed by atoms with Gasteiger partial charge in [0, 0.05) is 43.3 Å². The standard InChI is InChI=1S/C14H19Cl2N3O/c15-10-2-4-12(20)13(14(10)16)11-3-1-8(19-11)7-18-9-5-17-6-9/h2,4,8-9,11,17-20H,1,3,5-7H2/t8-,11-/m1/s1. The fourth-order valence-electron chi connectivity index (χ4n) is 2.84. The van der Waals surface area contributed by atoms with Crippen molar-refractivity contribution in [3.63, 3.8) is 0 Å². The Bertz CT molecular complexity index is 494. The molecule has 0 unspecified atom stereocenters. The number of nitrogens with one attached hydrogen (secondary N) is 3. The van der Waals surface area contributed by atoms with E-state index in [4.69, 9.17) is 23.2 Å². The van der Waals surface area contributed by atoms with E-state index < -0.39 is 0 Å². The topological polar surface area (TPSA) is 56.3 Å². The molecule has 3 rings (SSSR count). The van der Waals surface area contributed by atoms with E-state index in [-0.39, 0.29) is 11.8 Å². The van der Waals surface area contributed by atoms with E-state index in [1.165, 1.54) is 0 Å². The lowest BCUT2D eigenvalue weighted by molar-refractivity contribution is 0.349. The number of aromatic hydroxyl groups is 1. The monoisotopic (exact) mass is 315 g/mol. The van der Waals surface area contributed by atoms with Crippen LogP contribution in [0.4, 0.5) is 0 Å². The van der Waals surface area contributed by atoms with Crippen LogP contribution in [0.5, 0.6) is 5.75 Å². The van der Waals surface area contributed by atoms with Gasteiger partial charge in [-0.1, -0.05) is 23.2 Å². The molecule has 110 valence electrons. The molecule has 1 aromatic rings. The Morgan fingerprint density at radius 3 is 2.75 bits per heavy atom. The van der Waals surface area contributed by atoms with Gasteiger partial charge in [0.2, 0.25) is 0 Å². The molecule has 0 aliphatic carbocycles. The van der Waals surface area contributed by atoms with Crippen molar-refractivity contribution in [3.8, 4) is 5.75 Å². The van der Waals surface area contributed by atoms with Gasteiger partial charge in [0.05, 0.1) is 10.0 Å². The van der Waals surface area contributed by atoms with Crippen molar-refractivity contribution in [2.45, 2.75) is 31.0 Å². The molecule has 2 heterocycles. The molecule has 4 N–H and O–H groups in total. The summed E-state index contributed by atoms with van der Waals surface area (Å²) in [6.07, 6.45) is 2.03. The molecule has 4 nitrogen and oxygen atoms in total. The molecule has 0 aromatic heterocycles. The second-order valence-corrected chi connectivity index (χ2v) is 6.34. The van der Waals surface area contributed by atoms with Crippen molar-refractivity contribution in [3.05, 3.63) is 27.7 Å². The molecule has 0 bridgehead atoms. The fourth-order valence-corrected chi connectivity index (χ4v) is 3.29. The molecule has 2 saturated heterocycles. The number of rotatable bonds is 4. The van der Waals surface area contributed by atoms with Crippen molar-refractivity contribution in [2.24, 2.45) is 0 Å². The molecule has 0 radical (unpaired) electrons. The second kappa shape index (κ2) is 6.08. The minimum Gasteiger partial charge on any atom is -0.508 e. The Hall–Kier alpha value is -0.520. The molecular weight excluding hydrogens is 297 g/mol. The first kappa shape index (κ1) is 14.4. The van der Waals surface area contributed by atoms with Crippen molar-refractivity contribution < 1.29 is 5.11 Å². The lowest BCUT2D eigenvalue weighted by atomic mass is 10.0. The van der Waals surface area contributed by atoms with Crippen molar-refractivity contribution in [2.75, 3.05) is 19.6 Å². The number of hydrogen-bond acceptors (Lipinski definition) is 4. The zero-order valence-electron chi connectivity index (χ0n) is 11.1. The van der Waals surface area contributed by atoms with E-state index in [2.05, 4.69) is 16.0 Å². The van der Waals surface area contributed by atoms with E-state index in [1.54, 1.807) is 12.1 Å². The highest BCUT2D eigenvalue weighted by Crippen LogP contribution is 2.40. The van der Waals surface area contributed by atoms with Crippen molar-refractivity contribution >= 4 is 23.2 Å². The summed E-state index contributed by atoms with van der Waals surface area (Å²) in [6.45, 7) is 3.05. The zero-order valence-corrected chi connectivity index (χ0v) is 12.6. The van der Waals surface area contributed by atoms with E-state index in [9.17, 15) is 5.11 Å². The maximum Gasteiger partial charge on any atom is 0.121 e. The van der Waals surface area contributed by atoms with E-state index in [0.717, 1.165) is 38.0 Å². The van der Waals surface area contributed by atoms with Gasteiger partial charge in [-0.2, -0.15) is 0 Å². The number of benzene rings is 1. The maximum atomic E-state index is 10.0. The van der Waals surface area contributed by atoms with E-state index >= 15 is 0 Å². The predicted molar refractivity (Wildman–Crippen MR) is 81.7 cm³/mol. The molecule has 0 saturated carbocycles. The average molecular weight is 316 g/mol. The van der Waals surface area contributed by atoms with E-state index in [0.29, 0.717) is 22.1 Å². The van der Waals surface area contributed by atoms with Gasteiger partial charge in [-0.15, -0.1) is 0 Å². The summed E-state index contributed by atoms with van der Waals surface area (Å²) < 4.78 is 0. The Labute approximate surface area is 128 Å². The predicted octanol–water partition coefficient (Wildman–Crippen LogP) is 2.05. The highest BCUT2D eigenvalue weighted by molar-refractivity contribution is 6.42. The lowest BCUT2D eigenvalue weighted by Gasteiger charge is -2.29. The van der Waals surface area contributed by atoms with Crippen LogP contribution >= 0.6 is 23.2 Å². The SMILES string of the molecule is Oc1ccc(Cl)c(Cl)c1[C@H]1CC[C@H](CNC2CNC2)N1. The van der Waals surface area contributed by atoms with Gasteiger partial charge in [-0.25, -0.2) is 0 Å². The summed E-state index contributed by atoms with van der Waals surface area (Å²) in [6, 6.07) is 4.32. The summed E-state index contributed by atoms with van der Waals surface area (Å²) in [5.41, 5.74) is 0.729. The first-order valence-corrected chi connectivity index (χ1v) is 7.77. The molecule has 6 heteroatoms. The van der Waals surface area contributed by atoms with Gasteiger partial charge < -0.3 is 21.1 Å². The van der Waals surface area contributed by atoms with Crippen LogP contribution in [0.15, 0.2) is 12.1 Å². The second-order valence-electron chi connectivity index (χ2n) is 5.55. The lowest BCUT2D eigenvalue weighted by Crippen LogP contribution is -2.57. The maximum absolute atomic E-state index is 10.0. The van der Waals surface area contributed by atoms with Crippen LogP contribution in [-0.2, 0) is 0 Å². The van der Waals surface area contributed by atoms with Crippen LogP contribution in [-0.4, -0.2) is 36.8 Å². The number of hydrogen-bond donors (Lipinski definition) is 4. The minimum atomic E-state index is 0.0764. The van der Waals surface area contributed by atoms with Crippen LogP contribution in [0.25, 0.3) is 0 Å². The van der Waals surface area contributed by atoms with Crippen LogP contribution in [0.3, 0.4) is 0 Å². The number of phenols is 1. The van der Waals surface area contributed by atoms with Crippen LogP contribution in [0.1, 0.15) is 24.4 Å². The minimum absolute atomic E-state index is 0.0764. The van der Waals surface area contributed by atoms with Crippen molar-refractivity contribution in [1.29, 1.82) is 0 Å². The molecule has 2 atom stereocenters. The summed E-state index contributed by atoms with van der Waals surface area (Å²) in [5.74, 6) is 0.216. The van der Waals surface area contributed by atoms with Gasteiger partial charge in [-0.05, 0) is 25.0 Å². The summed E-state index contributed by atoms with van der Waals surface area (Å²) in [4.78, 5) is 0. The summed E-state index contributed by atoms with van der Waals surface area (Å²) in [5, 5.41) is 21.3. The molecule has 2 fully saturated rings. The number of phenolic OH excluding ortho intramolecular Hbond substituents is 1. The van der Waals surface area contributed by atoms with Gasteiger partial charge >= 0.3 is 0 Å². The molecule has 0 spiro atoms. The smallest absolute Gasteiger partial charge is 0.121 e.